The lowest BCUT2D eigenvalue weighted by Crippen LogP contribution is -2.42. The highest BCUT2D eigenvalue weighted by Crippen LogP contribution is 2.10. The Labute approximate surface area is 100 Å². The number of unbranched alkanes of at least 4 members (excludes halogenated alkanes) is 1. The molecule has 1 atom stereocenters. The molecule has 0 aliphatic carbocycles. The minimum absolute atomic E-state index is 0.0403. The summed E-state index contributed by atoms with van der Waals surface area (Å²) in [7, 11) is 0. The Morgan fingerprint density at radius 2 is 1.88 bits per heavy atom. The van der Waals surface area contributed by atoms with Crippen LogP contribution in [0.4, 0.5) is 0 Å². The van der Waals surface area contributed by atoms with Gasteiger partial charge in [-0.15, -0.1) is 0 Å². The Kier molecular flexibility index (Phi) is 9.30. The third kappa shape index (κ3) is 5.50. The number of nitrogens with zero attached hydrogens (tertiary/aromatic N) is 1. The van der Waals surface area contributed by atoms with Crippen LogP contribution in [-0.2, 0) is 9.53 Å². The fourth-order valence-electron chi connectivity index (χ4n) is 1.86. The number of ether oxygens (including phenoxy) is 1. The molecule has 3 nitrogen and oxygen atoms in total. The molecule has 0 aromatic rings. The number of carbonyl (C=O) groups is 1. The number of rotatable bonds is 9. The molecule has 0 fully saturated rings. The van der Waals surface area contributed by atoms with Crippen LogP contribution in [0.3, 0.4) is 0 Å². The van der Waals surface area contributed by atoms with Gasteiger partial charge in [-0.3, -0.25) is 9.69 Å². The van der Waals surface area contributed by atoms with E-state index in [1.54, 1.807) is 0 Å². The van der Waals surface area contributed by atoms with E-state index in [9.17, 15) is 4.79 Å². The SMILES string of the molecule is CCCCN(CC)C(CCC)C(=O)OCC. The van der Waals surface area contributed by atoms with Crippen molar-refractivity contribution in [2.24, 2.45) is 0 Å². The van der Waals surface area contributed by atoms with E-state index in [2.05, 4.69) is 25.7 Å². The maximum absolute atomic E-state index is 11.8. The topological polar surface area (TPSA) is 29.5 Å². The molecule has 0 aromatic carbocycles. The smallest absolute Gasteiger partial charge is 0.323 e. The van der Waals surface area contributed by atoms with Crippen molar-refractivity contribution in [1.29, 1.82) is 0 Å². The van der Waals surface area contributed by atoms with Gasteiger partial charge in [-0.1, -0.05) is 33.6 Å². The molecule has 96 valence electrons. The van der Waals surface area contributed by atoms with Crippen molar-refractivity contribution in [3.05, 3.63) is 0 Å². The number of hydrogen-bond donors (Lipinski definition) is 0. The summed E-state index contributed by atoms with van der Waals surface area (Å²) in [6, 6.07) is -0.0403. The summed E-state index contributed by atoms with van der Waals surface area (Å²) in [6.07, 6.45) is 4.23. The van der Waals surface area contributed by atoms with Gasteiger partial charge in [-0.25, -0.2) is 0 Å². The average Bonchev–Trinajstić information content (AvgIpc) is 2.28. The molecular weight excluding hydrogens is 202 g/mol. The first kappa shape index (κ1) is 15.4. The predicted molar refractivity (Wildman–Crippen MR) is 67.5 cm³/mol. The van der Waals surface area contributed by atoms with Crippen molar-refractivity contribution in [2.45, 2.75) is 59.4 Å². The van der Waals surface area contributed by atoms with Crippen molar-refractivity contribution in [1.82, 2.24) is 4.90 Å². The van der Waals surface area contributed by atoms with Crippen LogP contribution in [-0.4, -0.2) is 36.6 Å². The number of hydrogen-bond acceptors (Lipinski definition) is 3. The maximum Gasteiger partial charge on any atom is 0.323 e. The molecule has 0 N–H and O–H groups in total. The average molecular weight is 229 g/mol. The largest absolute Gasteiger partial charge is 0.465 e. The molecule has 0 saturated carbocycles. The second-order valence-electron chi connectivity index (χ2n) is 4.04. The third-order valence-corrected chi connectivity index (χ3v) is 2.77. The Morgan fingerprint density at radius 1 is 1.19 bits per heavy atom. The molecule has 0 aliphatic heterocycles. The molecule has 0 saturated heterocycles. The van der Waals surface area contributed by atoms with Crippen molar-refractivity contribution >= 4 is 5.97 Å². The van der Waals surface area contributed by atoms with Crippen molar-refractivity contribution in [3.8, 4) is 0 Å². The van der Waals surface area contributed by atoms with Crippen molar-refractivity contribution in [2.75, 3.05) is 19.7 Å². The summed E-state index contributed by atoms with van der Waals surface area (Å²) in [4.78, 5) is 14.1. The van der Waals surface area contributed by atoms with Crippen LogP contribution in [0.15, 0.2) is 0 Å². The summed E-state index contributed by atoms with van der Waals surface area (Å²) in [5, 5.41) is 0. The molecule has 3 heteroatoms. The normalized spacial score (nSPS) is 12.8. The first-order valence-corrected chi connectivity index (χ1v) is 6.61. The Morgan fingerprint density at radius 3 is 2.31 bits per heavy atom. The summed E-state index contributed by atoms with van der Waals surface area (Å²) >= 11 is 0. The molecule has 0 spiro atoms. The maximum atomic E-state index is 11.8. The minimum atomic E-state index is -0.0534. The first-order valence-electron chi connectivity index (χ1n) is 6.61. The summed E-state index contributed by atoms with van der Waals surface area (Å²) < 4.78 is 5.14. The highest BCUT2D eigenvalue weighted by Gasteiger charge is 2.24. The quantitative estimate of drug-likeness (QED) is 0.569. The fraction of sp³-hybridized carbons (Fsp3) is 0.923. The van der Waals surface area contributed by atoms with E-state index in [0.29, 0.717) is 6.61 Å². The van der Waals surface area contributed by atoms with Gasteiger partial charge in [-0.2, -0.15) is 0 Å². The van der Waals surface area contributed by atoms with Gasteiger partial charge >= 0.3 is 5.97 Å². The molecule has 0 bridgehead atoms. The van der Waals surface area contributed by atoms with E-state index in [4.69, 9.17) is 4.74 Å². The first-order chi connectivity index (χ1) is 7.71. The van der Waals surface area contributed by atoms with E-state index in [1.165, 1.54) is 0 Å². The van der Waals surface area contributed by atoms with Gasteiger partial charge in [0.05, 0.1) is 6.61 Å². The van der Waals surface area contributed by atoms with Gasteiger partial charge in [-0.05, 0) is 32.9 Å². The van der Waals surface area contributed by atoms with Crippen LogP contribution in [0, 0.1) is 0 Å². The van der Waals surface area contributed by atoms with Gasteiger partial charge in [0.25, 0.3) is 0 Å². The number of esters is 1. The van der Waals surface area contributed by atoms with Crippen LogP contribution >= 0.6 is 0 Å². The molecule has 0 radical (unpaired) electrons. The molecule has 0 rings (SSSR count). The second kappa shape index (κ2) is 9.64. The van der Waals surface area contributed by atoms with Crippen LogP contribution in [0.1, 0.15) is 53.4 Å². The lowest BCUT2D eigenvalue weighted by molar-refractivity contribution is -0.149. The summed E-state index contributed by atoms with van der Waals surface area (Å²) in [5.41, 5.74) is 0. The third-order valence-electron chi connectivity index (χ3n) is 2.77. The summed E-state index contributed by atoms with van der Waals surface area (Å²) in [6.45, 7) is 10.7. The van der Waals surface area contributed by atoms with Crippen LogP contribution < -0.4 is 0 Å². The van der Waals surface area contributed by atoms with Crippen molar-refractivity contribution < 1.29 is 9.53 Å². The lowest BCUT2D eigenvalue weighted by atomic mass is 10.1. The second-order valence-corrected chi connectivity index (χ2v) is 4.04. The van der Waals surface area contributed by atoms with E-state index in [1.807, 2.05) is 6.92 Å². The van der Waals surface area contributed by atoms with Gasteiger partial charge in [0.2, 0.25) is 0 Å². The number of carbonyl (C=O) groups excluding carboxylic acids is 1. The van der Waals surface area contributed by atoms with Gasteiger partial charge in [0.1, 0.15) is 6.04 Å². The molecule has 0 amide bonds. The van der Waals surface area contributed by atoms with E-state index in [-0.39, 0.29) is 12.0 Å². The van der Waals surface area contributed by atoms with E-state index < -0.39 is 0 Å². The Balaban J connectivity index is 4.38. The van der Waals surface area contributed by atoms with E-state index >= 15 is 0 Å². The van der Waals surface area contributed by atoms with Crippen molar-refractivity contribution in [3.63, 3.8) is 0 Å². The lowest BCUT2D eigenvalue weighted by Gasteiger charge is -2.28. The fourth-order valence-corrected chi connectivity index (χ4v) is 1.86. The van der Waals surface area contributed by atoms with Crippen LogP contribution in [0.2, 0.25) is 0 Å². The van der Waals surface area contributed by atoms with Crippen LogP contribution in [0.5, 0.6) is 0 Å². The molecular formula is C13H27NO2. The molecule has 16 heavy (non-hydrogen) atoms. The summed E-state index contributed by atoms with van der Waals surface area (Å²) in [5.74, 6) is -0.0534. The molecule has 1 unspecified atom stereocenters. The van der Waals surface area contributed by atoms with E-state index in [0.717, 1.165) is 38.8 Å². The predicted octanol–water partition coefficient (Wildman–Crippen LogP) is 2.84. The highest BCUT2D eigenvalue weighted by atomic mass is 16.5. The Bertz CT molecular complexity index is 183. The molecule has 0 aromatic heterocycles. The standard InChI is InChI=1S/C13H27NO2/c1-5-9-11-14(7-3)12(10-6-2)13(15)16-8-4/h12H,5-11H2,1-4H3. The zero-order valence-electron chi connectivity index (χ0n) is 11.3. The van der Waals surface area contributed by atoms with Crippen LogP contribution in [0.25, 0.3) is 0 Å². The van der Waals surface area contributed by atoms with Gasteiger partial charge in [0, 0.05) is 0 Å². The number of likely N-dealkylation sites (N-methyl/N-ethyl adjacent to an activating group) is 1. The minimum Gasteiger partial charge on any atom is -0.465 e. The zero-order chi connectivity index (χ0) is 12.4. The Hall–Kier alpha value is -0.570. The molecule has 0 aliphatic rings. The zero-order valence-corrected chi connectivity index (χ0v) is 11.3. The monoisotopic (exact) mass is 229 g/mol. The highest BCUT2D eigenvalue weighted by molar-refractivity contribution is 5.75. The van der Waals surface area contributed by atoms with Gasteiger partial charge < -0.3 is 4.74 Å². The molecule has 0 heterocycles. The van der Waals surface area contributed by atoms with Gasteiger partial charge in [0.15, 0.2) is 0 Å².